The van der Waals surface area contributed by atoms with Crippen LogP contribution >= 0.6 is 11.8 Å². The fraction of sp³-hybridized carbons (Fsp3) is 0.273. The molecule has 2 aromatic carbocycles. The number of amides is 1. The van der Waals surface area contributed by atoms with Crippen molar-refractivity contribution in [1.29, 1.82) is 0 Å². The zero-order valence-corrected chi connectivity index (χ0v) is 17.6. The lowest BCUT2D eigenvalue weighted by Crippen LogP contribution is -2.21. The molecule has 0 saturated heterocycles. The molecule has 0 aliphatic heterocycles. The Labute approximate surface area is 179 Å². The van der Waals surface area contributed by atoms with Crippen LogP contribution in [0.4, 0.5) is 10.5 Å². The summed E-state index contributed by atoms with van der Waals surface area (Å²) in [7, 11) is 0. The van der Waals surface area contributed by atoms with E-state index in [4.69, 9.17) is 19.7 Å². The maximum Gasteiger partial charge on any atom is 0.412 e. The number of aliphatic carboxylic acids is 1. The van der Waals surface area contributed by atoms with E-state index in [2.05, 4.69) is 5.32 Å². The average Bonchev–Trinajstić information content (AvgIpc) is 2.75. The van der Waals surface area contributed by atoms with Crippen LogP contribution in [0.15, 0.2) is 65.6 Å². The molecule has 8 heteroatoms. The molecule has 7 nitrogen and oxygen atoms in total. The van der Waals surface area contributed by atoms with E-state index < -0.39 is 24.1 Å². The van der Waals surface area contributed by atoms with Gasteiger partial charge in [-0.3, -0.25) is 5.32 Å². The van der Waals surface area contributed by atoms with Gasteiger partial charge in [0.15, 0.2) is 0 Å². The van der Waals surface area contributed by atoms with Gasteiger partial charge in [-0.1, -0.05) is 25.1 Å². The van der Waals surface area contributed by atoms with Crippen LogP contribution < -0.4 is 10.1 Å². The summed E-state index contributed by atoms with van der Waals surface area (Å²) in [6, 6.07) is 14.2. The van der Waals surface area contributed by atoms with Gasteiger partial charge >= 0.3 is 12.1 Å². The lowest BCUT2D eigenvalue weighted by Gasteiger charge is -2.23. The number of ether oxygens (including phenoxy) is 2. The van der Waals surface area contributed by atoms with E-state index in [1.54, 1.807) is 55.1 Å². The fourth-order valence-electron chi connectivity index (χ4n) is 2.67. The second-order valence-corrected chi connectivity index (χ2v) is 7.26. The molecule has 2 rings (SSSR count). The van der Waals surface area contributed by atoms with Gasteiger partial charge in [0, 0.05) is 22.6 Å². The van der Waals surface area contributed by atoms with Crippen molar-refractivity contribution in [2.24, 2.45) is 5.92 Å². The van der Waals surface area contributed by atoms with Crippen molar-refractivity contribution in [1.82, 2.24) is 0 Å². The highest BCUT2D eigenvalue weighted by molar-refractivity contribution is 7.98. The molecular formula is C22H25NO6S. The number of aliphatic hydroxyl groups is 1. The molecular weight excluding hydrogens is 406 g/mol. The number of nitrogens with one attached hydrogen (secondary N) is 1. The monoisotopic (exact) mass is 431 g/mol. The molecule has 3 N–H and O–H groups in total. The second kappa shape index (κ2) is 11.9. The summed E-state index contributed by atoms with van der Waals surface area (Å²) in [5.74, 6) is -0.903. The van der Waals surface area contributed by atoms with E-state index >= 15 is 0 Å². The number of hydrogen-bond acceptors (Lipinski definition) is 6. The smallest absolute Gasteiger partial charge is 0.412 e. The van der Waals surface area contributed by atoms with Gasteiger partial charge in [0.05, 0.1) is 6.61 Å². The van der Waals surface area contributed by atoms with Crippen molar-refractivity contribution in [2.45, 2.75) is 17.9 Å². The zero-order valence-electron chi connectivity index (χ0n) is 16.8. The predicted octanol–water partition coefficient (Wildman–Crippen LogP) is 4.35. The molecule has 30 heavy (non-hydrogen) atoms. The van der Waals surface area contributed by atoms with Crippen LogP contribution in [0.2, 0.25) is 0 Å². The Hall–Kier alpha value is -2.97. The maximum atomic E-state index is 12.5. The van der Waals surface area contributed by atoms with Gasteiger partial charge in [-0.05, 0) is 48.2 Å². The number of carboxylic acid groups (broad SMARTS) is 1. The lowest BCUT2D eigenvalue weighted by molar-refractivity contribution is -0.131. The van der Waals surface area contributed by atoms with E-state index in [1.165, 1.54) is 6.08 Å². The van der Waals surface area contributed by atoms with Crippen molar-refractivity contribution in [3.63, 3.8) is 0 Å². The number of rotatable bonds is 10. The van der Waals surface area contributed by atoms with Crippen LogP contribution in [0.1, 0.15) is 18.6 Å². The molecule has 2 atom stereocenters. The number of aliphatic hydroxyl groups excluding tert-OH is 1. The summed E-state index contributed by atoms with van der Waals surface area (Å²) < 4.78 is 11.0. The minimum atomic E-state index is -1.08. The first-order chi connectivity index (χ1) is 14.4. The summed E-state index contributed by atoms with van der Waals surface area (Å²) in [5.41, 5.74) is 1.28. The molecule has 0 aliphatic rings. The third-order valence-corrected chi connectivity index (χ3v) is 4.90. The summed E-state index contributed by atoms with van der Waals surface area (Å²) in [5, 5.41) is 20.4. The number of carbonyl (C=O) groups excluding carboxylic acids is 1. The topological polar surface area (TPSA) is 105 Å². The Balaban J connectivity index is 2.15. The van der Waals surface area contributed by atoms with Gasteiger partial charge in [0.1, 0.15) is 18.5 Å². The van der Waals surface area contributed by atoms with Gasteiger partial charge in [0.2, 0.25) is 0 Å². The van der Waals surface area contributed by atoms with Gasteiger partial charge in [0.25, 0.3) is 0 Å². The van der Waals surface area contributed by atoms with E-state index in [9.17, 15) is 9.59 Å². The standard InChI is InChI=1S/C22H25NO6S/c1-15(3-12-20(25)26)21(16-4-8-18(9-5-16)28-14-13-24)29-22(27)23-17-6-10-19(30-2)11-7-17/h3-12,15,21,24H,13-14H2,1-2H3,(H,23,27)(H,25,26)/b12-3+/t15-,21+/m0/s1. The van der Waals surface area contributed by atoms with Crippen LogP contribution in [0, 0.1) is 5.92 Å². The predicted molar refractivity (Wildman–Crippen MR) is 116 cm³/mol. The SMILES string of the molecule is CSc1ccc(NC(=O)O[C@@H](c2ccc(OCCO)cc2)[C@@H](C)/C=C/C(=O)O)cc1. The Morgan fingerprint density at radius 1 is 1.13 bits per heavy atom. The Morgan fingerprint density at radius 3 is 2.37 bits per heavy atom. The van der Waals surface area contributed by atoms with Crippen LogP contribution in [0.3, 0.4) is 0 Å². The van der Waals surface area contributed by atoms with Crippen LogP contribution in [0.5, 0.6) is 5.75 Å². The van der Waals surface area contributed by atoms with Crippen molar-refractivity contribution >= 4 is 29.5 Å². The highest BCUT2D eigenvalue weighted by Gasteiger charge is 2.22. The van der Waals surface area contributed by atoms with Crippen LogP contribution in [-0.2, 0) is 9.53 Å². The molecule has 0 aliphatic carbocycles. The highest BCUT2D eigenvalue weighted by atomic mass is 32.2. The number of carbonyl (C=O) groups is 2. The molecule has 0 saturated carbocycles. The number of thioether (sulfide) groups is 1. The van der Waals surface area contributed by atoms with Crippen LogP contribution in [0.25, 0.3) is 0 Å². The molecule has 2 aromatic rings. The van der Waals surface area contributed by atoms with Gasteiger partial charge in [-0.15, -0.1) is 11.8 Å². The van der Waals surface area contributed by atoms with E-state index in [0.29, 0.717) is 17.0 Å². The van der Waals surface area contributed by atoms with E-state index in [0.717, 1.165) is 11.0 Å². The molecule has 0 spiro atoms. The maximum absolute atomic E-state index is 12.5. The molecule has 0 radical (unpaired) electrons. The first kappa shape index (κ1) is 23.3. The molecule has 0 fully saturated rings. The quantitative estimate of drug-likeness (QED) is 0.379. The Kier molecular flexibility index (Phi) is 9.24. The summed E-state index contributed by atoms with van der Waals surface area (Å²) in [6.07, 6.45) is 3.11. The van der Waals surface area contributed by atoms with Gasteiger partial charge < -0.3 is 19.7 Å². The molecule has 1 amide bonds. The third-order valence-electron chi connectivity index (χ3n) is 4.16. The van der Waals surface area contributed by atoms with Crippen molar-refractivity contribution in [3.05, 3.63) is 66.2 Å². The van der Waals surface area contributed by atoms with E-state index in [-0.39, 0.29) is 13.2 Å². The highest BCUT2D eigenvalue weighted by Crippen LogP contribution is 2.29. The summed E-state index contributed by atoms with van der Waals surface area (Å²) in [6.45, 7) is 1.85. The van der Waals surface area contributed by atoms with E-state index in [1.807, 2.05) is 18.4 Å². The first-order valence-corrected chi connectivity index (χ1v) is 10.5. The fourth-order valence-corrected chi connectivity index (χ4v) is 3.08. The minimum absolute atomic E-state index is 0.0946. The van der Waals surface area contributed by atoms with Crippen molar-refractivity contribution < 1.29 is 29.3 Å². The number of benzene rings is 2. The number of carboxylic acids is 1. The number of hydrogen-bond donors (Lipinski definition) is 3. The van der Waals surface area contributed by atoms with Crippen LogP contribution in [-0.4, -0.2) is 41.7 Å². The lowest BCUT2D eigenvalue weighted by atomic mass is 9.96. The summed E-state index contributed by atoms with van der Waals surface area (Å²) >= 11 is 1.60. The van der Waals surface area contributed by atoms with Crippen molar-refractivity contribution in [2.75, 3.05) is 24.8 Å². The normalized spacial score (nSPS) is 12.9. The van der Waals surface area contributed by atoms with Gasteiger partial charge in [-0.2, -0.15) is 0 Å². The van der Waals surface area contributed by atoms with Gasteiger partial charge in [-0.25, -0.2) is 9.59 Å². The third kappa shape index (κ3) is 7.46. The number of anilines is 1. The Morgan fingerprint density at radius 2 is 1.80 bits per heavy atom. The minimum Gasteiger partial charge on any atom is -0.491 e. The average molecular weight is 432 g/mol. The Bertz CT molecular complexity index is 851. The molecule has 0 aromatic heterocycles. The largest absolute Gasteiger partial charge is 0.491 e. The molecule has 0 bridgehead atoms. The zero-order chi connectivity index (χ0) is 21.9. The molecule has 0 heterocycles. The van der Waals surface area contributed by atoms with Crippen molar-refractivity contribution in [3.8, 4) is 5.75 Å². The second-order valence-electron chi connectivity index (χ2n) is 6.38. The summed E-state index contributed by atoms with van der Waals surface area (Å²) in [4.78, 5) is 24.4. The molecule has 0 unspecified atom stereocenters. The molecule has 160 valence electrons. The first-order valence-electron chi connectivity index (χ1n) is 9.29.